The number of aromatic nitrogens is 4. The van der Waals surface area contributed by atoms with Gasteiger partial charge in [-0.2, -0.15) is 0 Å². The first kappa shape index (κ1) is 22.4. The monoisotopic (exact) mass is 480 g/mol. The van der Waals surface area contributed by atoms with Crippen LogP contribution in [0.5, 0.6) is 0 Å². The standard InChI is InChI=1S/C19H21ClN6O5S/c1-11-3-4-26-13(8-12-10-25(5-6-31-12)19(27)30-2)16(23-14(26)7-11)17-18(20)24-15(9-22-17)32(21,28)29/h3-4,7,9,12H,5-6,8,10H2,1-2H3,(H2,21,28,29)/t12-/m0/s1. The Bertz CT molecular complexity index is 1290. The number of pyridine rings is 1. The molecule has 4 rings (SSSR count). The highest BCUT2D eigenvalue weighted by Gasteiger charge is 2.28. The molecule has 0 aliphatic carbocycles. The lowest BCUT2D eigenvalue weighted by molar-refractivity contribution is -0.0241. The summed E-state index contributed by atoms with van der Waals surface area (Å²) in [6.07, 6.45) is 2.57. The highest BCUT2D eigenvalue weighted by atomic mass is 35.5. The molecular formula is C19H21ClN6O5S. The van der Waals surface area contributed by atoms with Gasteiger partial charge in [0.05, 0.1) is 38.3 Å². The van der Waals surface area contributed by atoms with Gasteiger partial charge < -0.3 is 18.8 Å². The summed E-state index contributed by atoms with van der Waals surface area (Å²) in [5, 5.41) is 4.55. The highest BCUT2D eigenvalue weighted by molar-refractivity contribution is 7.89. The van der Waals surface area contributed by atoms with Crippen molar-refractivity contribution in [3.05, 3.63) is 40.9 Å². The van der Waals surface area contributed by atoms with Crippen LogP contribution in [0.25, 0.3) is 17.0 Å². The Kier molecular flexibility index (Phi) is 6.03. The van der Waals surface area contributed by atoms with Crippen LogP contribution in [0.1, 0.15) is 11.3 Å². The van der Waals surface area contributed by atoms with Crippen LogP contribution in [0.2, 0.25) is 5.15 Å². The number of amides is 1. The molecule has 11 nitrogen and oxygen atoms in total. The number of carbonyl (C=O) groups is 1. The Balaban J connectivity index is 1.77. The molecular weight excluding hydrogens is 460 g/mol. The van der Waals surface area contributed by atoms with Gasteiger partial charge in [-0.05, 0) is 24.6 Å². The zero-order valence-corrected chi connectivity index (χ0v) is 18.9. The van der Waals surface area contributed by atoms with E-state index in [1.807, 2.05) is 29.7 Å². The molecule has 1 aliphatic heterocycles. The molecule has 2 N–H and O–H groups in total. The van der Waals surface area contributed by atoms with Crippen LogP contribution in [-0.2, 0) is 25.9 Å². The predicted molar refractivity (Wildman–Crippen MR) is 115 cm³/mol. The fourth-order valence-electron chi connectivity index (χ4n) is 3.58. The van der Waals surface area contributed by atoms with Crippen molar-refractivity contribution in [2.24, 2.45) is 5.14 Å². The van der Waals surface area contributed by atoms with Crippen LogP contribution >= 0.6 is 11.6 Å². The lowest BCUT2D eigenvalue weighted by atomic mass is 10.1. The van der Waals surface area contributed by atoms with E-state index in [9.17, 15) is 13.2 Å². The maximum atomic E-state index is 11.9. The number of hydrogen-bond donors (Lipinski definition) is 1. The first-order valence-electron chi connectivity index (χ1n) is 9.65. The van der Waals surface area contributed by atoms with Crippen molar-refractivity contribution < 1.29 is 22.7 Å². The van der Waals surface area contributed by atoms with E-state index in [0.717, 1.165) is 17.5 Å². The molecule has 3 aromatic heterocycles. The molecule has 1 atom stereocenters. The van der Waals surface area contributed by atoms with Crippen molar-refractivity contribution in [2.45, 2.75) is 24.5 Å². The number of hydrogen-bond acceptors (Lipinski definition) is 8. The number of imidazole rings is 1. The molecule has 1 saturated heterocycles. The van der Waals surface area contributed by atoms with Crippen molar-refractivity contribution in [1.82, 2.24) is 24.3 Å². The fraction of sp³-hybridized carbons (Fsp3) is 0.368. The Morgan fingerprint density at radius 1 is 1.38 bits per heavy atom. The minimum atomic E-state index is -4.06. The molecule has 4 heterocycles. The topological polar surface area (TPSA) is 142 Å². The molecule has 1 fully saturated rings. The van der Waals surface area contributed by atoms with Crippen LogP contribution in [0.4, 0.5) is 4.79 Å². The fourth-order valence-corrected chi connectivity index (χ4v) is 4.28. The Hall–Kier alpha value is -2.80. The van der Waals surface area contributed by atoms with E-state index >= 15 is 0 Å². The minimum absolute atomic E-state index is 0.140. The SMILES string of the molecule is COC(=O)N1CCO[C@@H](Cc2c(-c3ncc(S(N)(=O)=O)nc3Cl)nc3cc(C)ccn23)C1. The summed E-state index contributed by atoms with van der Waals surface area (Å²) < 4.78 is 35.8. The van der Waals surface area contributed by atoms with Gasteiger partial charge >= 0.3 is 6.09 Å². The maximum Gasteiger partial charge on any atom is 0.409 e. The van der Waals surface area contributed by atoms with Gasteiger partial charge in [-0.25, -0.2) is 33.3 Å². The first-order valence-corrected chi connectivity index (χ1v) is 11.6. The van der Waals surface area contributed by atoms with E-state index in [2.05, 4.69) is 15.0 Å². The second kappa shape index (κ2) is 8.62. The quantitative estimate of drug-likeness (QED) is 0.590. The Labute approximate surface area is 189 Å². The molecule has 13 heteroatoms. The number of rotatable bonds is 4. The summed E-state index contributed by atoms with van der Waals surface area (Å²) in [5.74, 6) is 0. The number of fused-ring (bicyclic) bond motifs is 1. The molecule has 0 spiro atoms. The summed E-state index contributed by atoms with van der Waals surface area (Å²) in [6, 6.07) is 3.83. The second-order valence-corrected chi connectivity index (χ2v) is 9.21. The van der Waals surface area contributed by atoms with Crippen LogP contribution in [0, 0.1) is 6.92 Å². The molecule has 0 bridgehead atoms. The molecule has 0 radical (unpaired) electrons. The Morgan fingerprint density at radius 3 is 2.84 bits per heavy atom. The van der Waals surface area contributed by atoms with Gasteiger partial charge in [0.1, 0.15) is 17.0 Å². The van der Waals surface area contributed by atoms with Crippen molar-refractivity contribution in [2.75, 3.05) is 26.8 Å². The Morgan fingerprint density at radius 2 is 2.16 bits per heavy atom. The third-order valence-electron chi connectivity index (χ3n) is 5.10. The van der Waals surface area contributed by atoms with Crippen molar-refractivity contribution >= 4 is 33.4 Å². The van der Waals surface area contributed by atoms with Crippen molar-refractivity contribution in [1.29, 1.82) is 0 Å². The zero-order valence-electron chi connectivity index (χ0n) is 17.4. The normalized spacial score (nSPS) is 17.0. The molecule has 3 aromatic rings. The van der Waals surface area contributed by atoms with Gasteiger partial charge in [-0.1, -0.05) is 11.6 Å². The smallest absolute Gasteiger partial charge is 0.409 e. The molecule has 1 aliphatic rings. The van der Waals surface area contributed by atoms with Crippen LogP contribution in [0.3, 0.4) is 0 Å². The summed E-state index contributed by atoms with van der Waals surface area (Å²) >= 11 is 6.28. The number of primary sulfonamides is 1. The summed E-state index contributed by atoms with van der Waals surface area (Å²) in [7, 11) is -2.72. The number of methoxy groups -OCH3 is 1. The average Bonchev–Trinajstić information content (AvgIpc) is 3.09. The summed E-state index contributed by atoms with van der Waals surface area (Å²) in [6.45, 7) is 3.10. The average molecular weight is 481 g/mol. The van der Waals surface area contributed by atoms with E-state index in [1.165, 1.54) is 7.11 Å². The van der Waals surface area contributed by atoms with E-state index < -0.39 is 21.1 Å². The lowest BCUT2D eigenvalue weighted by Gasteiger charge is -2.32. The number of halogens is 1. The van der Waals surface area contributed by atoms with Crippen LogP contribution in [0.15, 0.2) is 29.6 Å². The van der Waals surface area contributed by atoms with Gasteiger partial charge in [-0.15, -0.1) is 0 Å². The summed E-state index contributed by atoms with van der Waals surface area (Å²) in [5.41, 5.74) is 3.05. The van der Waals surface area contributed by atoms with Crippen LogP contribution < -0.4 is 5.14 Å². The van der Waals surface area contributed by atoms with Gasteiger partial charge in [0.25, 0.3) is 10.0 Å². The largest absolute Gasteiger partial charge is 0.453 e. The third kappa shape index (κ3) is 4.39. The minimum Gasteiger partial charge on any atom is -0.453 e. The van der Waals surface area contributed by atoms with Gasteiger partial charge in [-0.3, -0.25) is 0 Å². The summed E-state index contributed by atoms with van der Waals surface area (Å²) in [4.78, 5) is 26.3. The van der Waals surface area contributed by atoms with E-state index in [0.29, 0.717) is 37.5 Å². The molecule has 0 unspecified atom stereocenters. The molecule has 0 aromatic carbocycles. The van der Waals surface area contributed by atoms with Crippen LogP contribution in [-0.4, -0.2) is 71.7 Å². The zero-order chi connectivity index (χ0) is 23.0. The maximum absolute atomic E-state index is 11.9. The van der Waals surface area contributed by atoms with Crippen molar-refractivity contribution in [3.8, 4) is 11.4 Å². The number of nitrogens with zero attached hydrogens (tertiary/aromatic N) is 5. The molecule has 32 heavy (non-hydrogen) atoms. The predicted octanol–water partition coefficient (Wildman–Crippen LogP) is 1.41. The van der Waals surface area contributed by atoms with Gasteiger partial charge in [0, 0.05) is 19.2 Å². The molecule has 0 saturated carbocycles. The number of nitrogens with two attached hydrogens (primary N) is 1. The highest BCUT2D eigenvalue weighted by Crippen LogP contribution is 2.30. The van der Waals surface area contributed by atoms with E-state index in [1.54, 1.807) is 4.90 Å². The number of aryl methyl sites for hydroxylation is 1. The lowest BCUT2D eigenvalue weighted by Crippen LogP contribution is -2.46. The van der Waals surface area contributed by atoms with E-state index in [-0.39, 0.29) is 17.0 Å². The number of sulfonamides is 1. The van der Waals surface area contributed by atoms with Gasteiger partial charge in [0.15, 0.2) is 10.2 Å². The third-order valence-corrected chi connectivity index (χ3v) is 6.14. The second-order valence-electron chi connectivity index (χ2n) is 7.35. The van der Waals surface area contributed by atoms with Gasteiger partial charge in [0.2, 0.25) is 0 Å². The number of carbonyl (C=O) groups excluding carboxylic acids is 1. The van der Waals surface area contributed by atoms with Crippen molar-refractivity contribution in [3.63, 3.8) is 0 Å². The molecule has 170 valence electrons. The molecule has 1 amide bonds. The van der Waals surface area contributed by atoms with E-state index in [4.69, 9.17) is 26.2 Å². The number of morpholine rings is 1. The first-order chi connectivity index (χ1) is 15.2. The number of ether oxygens (including phenoxy) is 2.